The predicted octanol–water partition coefficient (Wildman–Crippen LogP) is -0.187. The van der Waals surface area contributed by atoms with Crippen molar-refractivity contribution in [1.82, 2.24) is 5.32 Å². The lowest BCUT2D eigenvalue weighted by Gasteiger charge is -2.20. The number of aliphatic hydroxyl groups excluding tert-OH is 2. The van der Waals surface area contributed by atoms with Crippen molar-refractivity contribution in [3.05, 3.63) is 0 Å². The summed E-state index contributed by atoms with van der Waals surface area (Å²) in [6, 6.07) is 0. The van der Waals surface area contributed by atoms with Crippen molar-refractivity contribution in [2.24, 2.45) is 0 Å². The van der Waals surface area contributed by atoms with E-state index in [2.05, 4.69) is 5.32 Å². The van der Waals surface area contributed by atoms with Gasteiger partial charge in [0, 0.05) is 25.8 Å². The maximum atomic E-state index is 11.6. The summed E-state index contributed by atoms with van der Waals surface area (Å²) in [5.74, 6) is -1.76. The summed E-state index contributed by atoms with van der Waals surface area (Å²) < 4.78 is 41.2. The summed E-state index contributed by atoms with van der Waals surface area (Å²) in [6.07, 6.45) is -1.24. The largest absolute Gasteiger partial charge is 0.393 e. The van der Waals surface area contributed by atoms with E-state index in [0.29, 0.717) is 6.42 Å². The van der Waals surface area contributed by atoms with E-state index < -0.39 is 39.8 Å². The second-order valence-electron chi connectivity index (χ2n) is 6.86. The fraction of sp³-hybridized carbons (Fsp3) is 0.933. The molecule has 1 amide bonds. The zero-order valence-corrected chi connectivity index (χ0v) is 15.7. The molecular formula is C15H29NO8S. The Morgan fingerprint density at radius 2 is 1.76 bits per heavy atom. The van der Waals surface area contributed by atoms with Crippen LogP contribution in [0.15, 0.2) is 0 Å². The van der Waals surface area contributed by atoms with Crippen molar-refractivity contribution in [2.45, 2.75) is 76.7 Å². The predicted molar refractivity (Wildman–Crippen MR) is 89.4 cm³/mol. The van der Waals surface area contributed by atoms with Crippen molar-refractivity contribution in [3.8, 4) is 0 Å². The van der Waals surface area contributed by atoms with Crippen LogP contribution < -0.4 is 5.32 Å². The highest BCUT2D eigenvalue weighted by molar-refractivity contribution is 7.85. The molecule has 4 atom stereocenters. The molecule has 1 fully saturated rings. The third-order valence-corrected chi connectivity index (χ3v) is 4.47. The lowest BCUT2D eigenvalue weighted by atomic mass is 10.00. The van der Waals surface area contributed by atoms with Gasteiger partial charge in [-0.3, -0.25) is 9.35 Å². The average molecular weight is 383 g/mol. The molecule has 148 valence electrons. The fourth-order valence-corrected chi connectivity index (χ4v) is 3.10. The smallest absolute Gasteiger partial charge is 0.266 e. The topological polar surface area (TPSA) is 142 Å². The molecule has 1 rings (SSSR count). The van der Waals surface area contributed by atoms with Crippen LogP contribution in [0.4, 0.5) is 0 Å². The number of amides is 1. The van der Waals surface area contributed by atoms with E-state index >= 15 is 0 Å². The number of carbonyl (C=O) groups is 1. The standard InChI is InChI=1S/C15H29NO8S/c1-10(17)8-12-13(24-15(2,3)23-12)9-11(18)4-5-14(19)16-6-7-25(20,21)22/h10-13,17-18H,4-9H2,1-3H3,(H,16,19)(H,20,21,22)/t10?,11-,12+,13-/m1/s1. The lowest BCUT2D eigenvalue weighted by Crippen LogP contribution is -2.32. The second kappa shape index (κ2) is 9.24. The molecule has 1 saturated heterocycles. The zero-order valence-electron chi connectivity index (χ0n) is 14.8. The fourth-order valence-electron chi connectivity index (χ4n) is 2.74. The molecule has 1 unspecified atom stereocenters. The molecule has 0 aromatic heterocycles. The third-order valence-electron chi connectivity index (χ3n) is 3.75. The van der Waals surface area contributed by atoms with Gasteiger partial charge >= 0.3 is 0 Å². The number of aliphatic hydroxyl groups is 2. The highest BCUT2D eigenvalue weighted by atomic mass is 32.2. The van der Waals surface area contributed by atoms with Gasteiger partial charge in [-0.15, -0.1) is 0 Å². The summed E-state index contributed by atoms with van der Waals surface area (Å²) >= 11 is 0. The second-order valence-corrected chi connectivity index (χ2v) is 8.43. The Balaban J connectivity index is 2.37. The normalized spacial score (nSPS) is 25.5. The Hall–Kier alpha value is -0.780. The van der Waals surface area contributed by atoms with Crippen molar-refractivity contribution < 1.29 is 37.5 Å². The van der Waals surface area contributed by atoms with Gasteiger partial charge in [0.1, 0.15) is 0 Å². The van der Waals surface area contributed by atoms with E-state index in [1.807, 2.05) is 0 Å². The molecule has 0 aromatic carbocycles. The van der Waals surface area contributed by atoms with Crippen molar-refractivity contribution in [3.63, 3.8) is 0 Å². The lowest BCUT2D eigenvalue weighted by molar-refractivity contribution is -0.150. The molecule has 0 radical (unpaired) electrons. The third kappa shape index (κ3) is 9.47. The SMILES string of the molecule is CC(O)C[C@@H]1OC(C)(C)O[C@@H]1C[C@H](O)CCC(=O)NCCS(=O)(=O)O. The maximum absolute atomic E-state index is 11.6. The first-order valence-corrected chi connectivity index (χ1v) is 9.92. The molecular weight excluding hydrogens is 354 g/mol. The van der Waals surface area contributed by atoms with Gasteiger partial charge in [0.2, 0.25) is 5.91 Å². The molecule has 9 nitrogen and oxygen atoms in total. The summed E-state index contributed by atoms with van der Waals surface area (Å²) in [5.41, 5.74) is 0. The monoisotopic (exact) mass is 383 g/mol. The molecule has 4 N–H and O–H groups in total. The van der Waals surface area contributed by atoms with Crippen molar-refractivity contribution >= 4 is 16.0 Å². The van der Waals surface area contributed by atoms with Crippen LogP contribution in [-0.4, -0.2) is 71.6 Å². The highest BCUT2D eigenvalue weighted by Gasteiger charge is 2.42. The van der Waals surface area contributed by atoms with Crippen LogP contribution in [-0.2, 0) is 24.4 Å². The molecule has 0 bridgehead atoms. The summed E-state index contributed by atoms with van der Waals surface area (Å²) in [6.45, 7) is 4.99. The van der Waals surface area contributed by atoms with Gasteiger partial charge < -0.3 is 25.0 Å². The van der Waals surface area contributed by atoms with Crippen molar-refractivity contribution in [1.29, 1.82) is 0 Å². The summed E-state index contributed by atoms with van der Waals surface area (Å²) in [4.78, 5) is 11.6. The van der Waals surface area contributed by atoms with Gasteiger partial charge in [0.15, 0.2) is 5.79 Å². The Bertz CT molecular complexity index is 534. The quantitative estimate of drug-likeness (QED) is 0.380. The molecule has 0 aromatic rings. The first kappa shape index (κ1) is 22.3. The summed E-state index contributed by atoms with van der Waals surface area (Å²) in [7, 11) is -4.11. The molecule has 1 aliphatic rings. The molecule has 1 heterocycles. The minimum absolute atomic E-state index is 0.0185. The minimum Gasteiger partial charge on any atom is -0.393 e. The van der Waals surface area contributed by atoms with E-state index in [1.54, 1.807) is 20.8 Å². The molecule has 25 heavy (non-hydrogen) atoms. The number of hydrogen-bond acceptors (Lipinski definition) is 7. The van der Waals surface area contributed by atoms with Gasteiger partial charge in [0.05, 0.1) is 30.2 Å². The first-order chi connectivity index (χ1) is 11.4. The Morgan fingerprint density at radius 3 is 2.28 bits per heavy atom. The van der Waals surface area contributed by atoms with E-state index in [9.17, 15) is 23.4 Å². The van der Waals surface area contributed by atoms with Crippen LogP contribution in [0.2, 0.25) is 0 Å². The van der Waals surface area contributed by atoms with Crippen LogP contribution in [0.25, 0.3) is 0 Å². The van der Waals surface area contributed by atoms with Gasteiger partial charge in [-0.2, -0.15) is 8.42 Å². The van der Waals surface area contributed by atoms with Crippen LogP contribution in [0.3, 0.4) is 0 Å². The average Bonchev–Trinajstić information content (AvgIpc) is 2.68. The van der Waals surface area contributed by atoms with E-state index in [1.165, 1.54) is 0 Å². The van der Waals surface area contributed by atoms with Crippen LogP contribution in [0, 0.1) is 0 Å². The molecule has 0 spiro atoms. The number of ether oxygens (including phenoxy) is 2. The van der Waals surface area contributed by atoms with Gasteiger partial charge in [-0.25, -0.2) is 0 Å². The van der Waals surface area contributed by atoms with Gasteiger partial charge in [-0.1, -0.05) is 0 Å². The Labute approximate surface area is 148 Å². The molecule has 0 saturated carbocycles. The van der Waals surface area contributed by atoms with Crippen LogP contribution >= 0.6 is 0 Å². The van der Waals surface area contributed by atoms with Crippen LogP contribution in [0.5, 0.6) is 0 Å². The van der Waals surface area contributed by atoms with Gasteiger partial charge in [0.25, 0.3) is 10.1 Å². The number of nitrogens with one attached hydrogen (secondary N) is 1. The molecule has 0 aliphatic carbocycles. The van der Waals surface area contributed by atoms with E-state index in [-0.39, 0.29) is 38.0 Å². The summed E-state index contributed by atoms with van der Waals surface area (Å²) in [5, 5.41) is 22.0. The van der Waals surface area contributed by atoms with Crippen LogP contribution in [0.1, 0.15) is 46.5 Å². The Morgan fingerprint density at radius 1 is 1.20 bits per heavy atom. The van der Waals surface area contributed by atoms with E-state index in [0.717, 1.165) is 0 Å². The first-order valence-electron chi connectivity index (χ1n) is 8.31. The highest BCUT2D eigenvalue weighted by Crippen LogP contribution is 2.33. The molecule has 10 heteroatoms. The van der Waals surface area contributed by atoms with Crippen molar-refractivity contribution in [2.75, 3.05) is 12.3 Å². The number of hydrogen-bond donors (Lipinski definition) is 4. The molecule has 1 aliphatic heterocycles. The maximum Gasteiger partial charge on any atom is 0.266 e. The number of carbonyl (C=O) groups excluding carboxylic acids is 1. The van der Waals surface area contributed by atoms with Gasteiger partial charge in [-0.05, 0) is 27.2 Å². The minimum atomic E-state index is -4.11. The van der Waals surface area contributed by atoms with E-state index in [4.69, 9.17) is 14.0 Å². The zero-order chi connectivity index (χ0) is 19.3. The number of rotatable bonds is 10. The Kier molecular flexibility index (Phi) is 8.23.